The Labute approximate surface area is 119 Å². The first kappa shape index (κ1) is 13.1. The Balaban J connectivity index is 1.86. The molecular formula is C15H22N2OS. The highest BCUT2D eigenvalue weighted by Gasteiger charge is 2.41. The molecule has 4 heteroatoms. The molecule has 0 bridgehead atoms. The molecule has 4 unspecified atom stereocenters. The first-order valence-electron chi connectivity index (χ1n) is 7.26. The quantitative estimate of drug-likeness (QED) is 0.902. The van der Waals surface area contributed by atoms with Crippen LogP contribution >= 0.6 is 11.3 Å². The highest BCUT2D eigenvalue weighted by atomic mass is 32.1. The lowest BCUT2D eigenvalue weighted by Crippen LogP contribution is -2.46. The number of rotatable bonds is 2. The summed E-state index contributed by atoms with van der Waals surface area (Å²) in [4.78, 5) is 15.7. The third-order valence-corrected chi connectivity index (χ3v) is 5.77. The molecule has 2 fully saturated rings. The van der Waals surface area contributed by atoms with E-state index in [0.29, 0.717) is 18.5 Å². The van der Waals surface area contributed by atoms with Crippen LogP contribution in [-0.4, -0.2) is 23.4 Å². The predicted molar refractivity (Wildman–Crippen MR) is 77.9 cm³/mol. The molecule has 1 N–H and O–H groups in total. The van der Waals surface area contributed by atoms with Gasteiger partial charge in [0.05, 0.1) is 6.54 Å². The minimum atomic E-state index is 0.102. The van der Waals surface area contributed by atoms with Crippen molar-refractivity contribution in [3.63, 3.8) is 0 Å². The molecular weight excluding hydrogens is 256 g/mol. The van der Waals surface area contributed by atoms with E-state index in [1.54, 1.807) is 11.3 Å². The van der Waals surface area contributed by atoms with Crippen molar-refractivity contribution in [3.05, 3.63) is 22.4 Å². The molecule has 3 rings (SSSR count). The third kappa shape index (κ3) is 2.32. The lowest BCUT2D eigenvalue weighted by atomic mass is 9.77. The molecule has 4 atom stereocenters. The summed E-state index contributed by atoms with van der Waals surface area (Å²) >= 11 is 1.74. The maximum Gasteiger partial charge on any atom is 0.238 e. The first-order valence-corrected chi connectivity index (χ1v) is 8.14. The van der Waals surface area contributed by atoms with E-state index in [0.717, 1.165) is 12.3 Å². The number of nitrogens with one attached hydrogen (secondary N) is 1. The molecule has 3 nitrogen and oxygen atoms in total. The summed E-state index contributed by atoms with van der Waals surface area (Å²) in [5.41, 5.74) is 0. The molecule has 1 aromatic rings. The molecule has 104 valence electrons. The van der Waals surface area contributed by atoms with Gasteiger partial charge in [0.15, 0.2) is 0 Å². The van der Waals surface area contributed by atoms with E-state index in [9.17, 15) is 4.79 Å². The van der Waals surface area contributed by atoms with Gasteiger partial charge >= 0.3 is 0 Å². The van der Waals surface area contributed by atoms with Crippen LogP contribution in [0, 0.1) is 11.8 Å². The van der Waals surface area contributed by atoms with Crippen molar-refractivity contribution in [3.8, 4) is 0 Å². The number of nitrogens with zero attached hydrogens (tertiary/aromatic N) is 1. The van der Waals surface area contributed by atoms with Crippen LogP contribution in [0.3, 0.4) is 0 Å². The molecule has 2 heterocycles. The van der Waals surface area contributed by atoms with Gasteiger partial charge in [0, 0.05) is 10.9 Å². The summed E-state index contributed by atoms with van der Waals surface area (Å²) in [5, 5.41) is 5.47. The maximum absolute atomic E-state index is 12.3. The Hall–Kier alpha value is -0.870. The van der Waals surface area contributed by atoms with Crippen LogP contribution in [-0.2, 0) is 4.79 Å². The Kier molecular flexibility index (Phi) is 3.63. The van der Waals surface area contributed by atoms with E-state index in [4.69, 9.17) is 0 Å². The fourth-order valence-electron chi connectivity index (χ4n) is 3.52. The second kappa shape index (κ2) is 5.25. The van der Waals surface area contributed by atoms with Crippen LogP contribution in [0.15, 0.2) is 17.5 Å². The van der Waals surface area contributed by atoms with Gasteiger partial charge in [-0.15, -0.1) is 11.3 Å². The van der Waals surface area contributed by atoms with Crippen LogP contribution in [0.2, 0.25) is 0 Å². The molecule has 1 aliphatic carbocycles. The van der Waals surface area contributed by atoms with Gasteiger partial charge in [0.25, 0.3) is 0 Å². The number of carbonyl (C=O) groups excluding carboxylic acids is 1. The summed E-state index contributed by atoms with van der Waals surface area (Å²) < 4.78 is 0. The summed E-state index contributed by atoms with van der Waals surface area (Å²) in [7, 11) is 0. The minimum Gasteiger partial charge on any atom is -0.318 e. The maximum atomic E-state index is 12.3. The lowest BCUT2D eigenvalue weighted by molar-refractivity contribution is -0.132. The van der Waals surface area contributed by atoms with Gasteiger partial charge in [-0.2, -0.15) is 0 Å². The summed E-state index contributed by atoms with van der Waals surface area (Å²) in [6, 6.07) is 4.60. The van der Waals surface area contributed by atoms with E-state index < -0.39 is 0 Å². The number of hydrogen-bond donors (Lipinski definition) is 1. The van der Waals surface area contributed by atoms with E-state index in [-0.39, 0.29) is 12.1 Å². The van der Waals surface area contributed by atoms with Crippen LogP contribution in [0.1, 0.15) is 44.2 Å². The molecule has 1 saturated heterocycles. The zero-order valence-corrected chi connectivity index (χ0v) is 12.5. The predicted octanol–water partition coefficient (Wildman–Crippen LogP) is 3.00. The zero-order valence-electron chi connectivity index (χ0n) is 11.6. The van der Waals surface area contributed by atoms with Crippen molar-refractivity contribution in [2.75, 3.05) is 6.54 Å². The number of amides is 1. The minimum absolute atomic E-state index is 0.102. The standard InChI is InChI=1S/C15H22N2OS/c1-10-5-3-6-12(11(10)2)17-14(18)9-16-15(17)13-7-4-8-19-13/h4,7-8,10-12,15-16H,3,5-6,9H2,1-2H3. The summed E-state index contributed by atoms with van der Waals surface area (Å²) in [5.74, 6) is 1.58. The van der Waals surface area contributed by atoms with Gasteiger partial charge in [-0.3, -0.25) is 10.1 Å². The monoisotopic (exact) mass is 278 g/mol. The van der Waals surface area contributed by atoms with Crippen LogP contribution in [0.5, 0.6) is 0 Å². The lowest BCUT2D eigenvalue weighted by Gasteiger charge is -2.42. The van der Waals surface area contributed by atoms with E-state index in [2.05, 4.69) is 41.6 Å². The fraction of sp³-hybridized carbons (Fsp3) is 0.667. The molecule has 0 spiro atoms. The smallest absolute Gasteiger partial charge is 0.238 e. The summed E-state index contributed by atoms with van der Waals surface area (Å²) in [6.07, 6.45) is 3.81. The molecule has 0 aromatic carbocycles. The van der Waals surface area contributed by atoms with Gasteiger partial charge in [0.1, 0.15) is 6.17 Å². The molecule has 1 amide bonds. The molecule has 1 saturated carbocycles. The normalized spacial score (nSPS) is 35.9. The van der Waals surface area contributed by atoms with Crippen LogP contribution in [0.4, 0.5) is 0 Å². The zero-order chi connectivity index (χ0) is 13.4. The average molecular weight is 278 g/mol. The van der Waals surface area contributed by atoms with Crippen molar-refractivity contribution in [1.29, 1.82) is 0 Å². The average Bonchev–Trinajstić information content (AvgIpc) is 3.02. The third-order valence-electron chi connectivity index (χ3n) is 4.85. The second-order valence-electron chi connectivity index (χ2n) is 5.93. The number of carbonyl (C=O) groups is 1. The number of thiophene rings is 1. The summed E-state index contributed by atoms with van der Waals surface area (Å²) in [6.45, 7) is 5.12. The topological polar surface area (TPSA) is 32.3 Å². The SMILES string of the molecule is CC1CCCC(N2C(=O)CNC2c2cccs2)C1C. The van der Waals surface area contributed by atoms with Crippen molar-refractivity contribution in [1.82, 2.24) is 10.2 Å². The highest BCUT2D eigenvalue weighted by Crippen LogP contribution is 2.38. The van der Waals surface area contributed by atoms with E-state index in [1.807, 2.05) is 0 Å². The fourth-order valence-corrected chi connectivity index (χ4v) is 4.32. The van der Waals surface area contributed by atoms with Gasteiger partial charge in [-0.05, 0) is 29.7 Å². The molecule has 1 aromatic heterocycles. The van der Waals surface area contributed by atoms with E-state index in [1.165, 1.54) is 17.7 Å². The molecule has 0 radical (unpaired) electrons. The van der Waals surface area contributed by atoms with Crippen LogP contribution < -0.4 is 5.32 Å². The Morgan fingerprint density at radius 1 is 1.37 bits per heavy atom. The van der Waals surface area contributed by atoms with Crippen molar-refractivity contribution < 1.29 is 4.79 Å². The highest BCUT2D eigenvalue weighted by molar-refractivity contribution is 7.10. The van der Waals surface area contributed by atoms with Crippen molar-refractivity contribution >= 4 is 17.2 Å². The van der Waals surface area contributed by atoms with Crippen molar-refractivity contribution in [2.45, 2.75) is 45.3 Å². The molecule has 1 aliphatic heterocycles. The van der Waals surface area contributed by atoms with E-state index >= 15 is 0 Å². The molecule has 19 heavy (non-hydrogen) atoms. The van der Waals surface area contributed by atoms with Crippen LogP contribution in [0.25, 0.3) is 0 Å². The van der Waals surface area contributed by atoms with Gasteiger partial charge in [-0.1, -0.05) is 32.8 Å². The Morgan fingerprint density at radius 2 is 2.21 bits per heavy atom. The van der Waals surface area contributed by atoms with Crippen molar-refractivity contribution in [2.24, 2.45) is 11.8 Å². The first-order chi connectivity index (χ1) is 9.18. The molecule has 2 aliphatic rings. The second-order valence-corrected chi connectivity index (χ2v) is 6.91. The van der Waals surface area contributed by atoms with Gasteiger partial charge < -0.3 is 4.90 Å². The Bertz CT molecular complexity index is 445. The Morgan fingerprint density at radius 3 is 2.95 bits per heavy atom. The largest absolute Gasteiger partial charge is 0.318 e. The van der Waals surface area contributed by atoms with Gasteiger partial charge in [-0.25, -0.2) is 0 Å². The van der Waals surface area contributed by atoms with Gasteiger partial charge in [0.2, 0.25) is 5.91 Å². The number of hydrogen-bond acceptors (Lipinski definition) is 3.